The van der Waals surface area contributed by atoms with Crippen molar-refractivity contribution >= 4 is 6.03 Å². The van der Waals surface area contributed by atoms with Crippen LogP contribution in [0.1, 0.15) is 45.3 Å². The number of unbranched alkanes of at least 4 members (excludes halogenated alkanes) is 1. The molecule has 0 fully saturated rings. The molecule has 2 heterocycles. The second-order valence-electron chi connectivity index (χ2n) is 5.18. The molecule has 2 aromatic rings. The van der Waals surface area contributed by atoms with Crippen LogP contribution in [-0.4, -0.2) is 35.6 Å². The van der Waals surface area contributed by atoms with Gasteiger partial charge in [-0.2, -0.15) is 14.5 Å². The Hall–Kier alpha value is -2.05. The molecule has 0 radical (unpaired) electrons. The monoisotopic (exact) mass is 276 g/mol. The molecule has 0 saturated heterocycles. The first kappa shape index (κ1) is 14.4. The van der Waals surface area contributed by atoms with Gasteiger partial charge in [0.1, 0.15) is 18.5 Å². The Morgan fingerprint density at radius 1 is 1.40 bits per heavy atom. The van der Waals surface area contributed by atoms with Crippen LogP contribution < -0.4 is 0 Å². The molecule has 0 aliphatic rings. The van der Waals surface area contributed by atoms with Gasteiger partial charge in [0.2, 0.25) is 0 Å². The molecule has 2 aromatic heterocycles. The molecular weight excluding hydrogens is 256 g/mol. The zero-order valence-corrected chi connectivity index (χ0v) is 12.2. The molecule has 0 unspecified atom stereocenters. The third kappa shape index (κ3) is 3.28. The number of hydrogen-bond acceptors (Lipinski definition) is 5. The summed E-state index contributed by atoms with van der Waals surface area (Å²) >= 11 is 0. The van der Waals surface area contributed by atoms with Crippen LogP contribution in [0.2, 0.25) is 0 Å². The van der Waals surface area contributed by atoms with Crippen molar-refractivity contribution < 1.29 is 4.79 Å². The molecule has 0 atom stereocenters. The van der Waals surface area contributed by atoms with E-state index in [1.54, 1.807) is 0 Å². The lowest BCUT2D eigenvalue weighted by Crippen LogP contribution is -2.24. The fraction of sp³-hybridized carbons (Fsp3) is 0.615. The van der Waals surface area contributed by atoms with Crippen LogP contribution in [0.3, 0.4) is 0 Å². The lowest BCUT2D eigenvalue weighted by molar-refractivity contribution is 0.237. The molecule has 0 saturated carbocycles. The molecule has 2 rings (SSSR count). The van der Waals surface area contributed by atoms with Crippen molar-refractivity contribution in [2.75, 3.05) is 0 Å². The zero-order chi connectivity index (χ0) is 14.5. The molecule has 0 aliphatic heterocycles. The highest BCUT2D eigenvalue weighted by Gasteiger charge is 2.18. The summed E-state index contributed by atoms with van der Waals surface area (Å²) in [5.74, 6) is 1.81. The molecule has 7 heteroatoms. The van der Waals surface area contributed by atoms with E-state index >= 15 is 0 Å². The van der Waals surface area contributed by atoms with E-state index in [4.69, 9.17) is 0 Å². The summed E-state index contributed by atoms with van der Waals surface area (Å²) in [6.07, 6.45) is 6.29. The number of carbonyl (C=O) groups excluding carboxylic acids is 1. The van der Waals surface area contributed by atoms with Crippen molar-refractivity contribution in [1.29, 1.82) is 0 Å². The molecule has 20 heavy (non-hydrogen) atoms. The number of rotatable bonds is 5. The number of hydrogen-bond donors (Lipinski definition) is 0. The van der Waals surface area contributed by atoms with Gasteiger partial charge < -0.3 is 0 Å². The highest BCUT2D eigenvalue weighted by Crippen LogP contribution is 2.09. The fourth-order valence-electron chi connectivity index (χ4n) is 1.89. The van der Waals surface area contributed by atoms with Crippen molar-refractivity contribution in [2.45, 2.75) is 46.5 Å². The van der Waals surface area contributed by atoms with Crippen LogP contribution in [0.15, 0.2) is 12.7 Å². The lowest BCUT2D eigenvalue weighted by Gasteiger charge is -2.05. The Morgan fingerprint density at radius 2 is 2.20 bits per heavy atom. The van der Waals surface area contributed by atoms with E-state index in [1.165, 1.54) is 22.0 Å². The van der Waals surface area contributed by atoms with Gasteiger partial charge >= 0.3 is 6.03 Å². The van der Waals surface area contributed by atoms with Gasteiger partial charge in [-0.25, -0.2) is 14.8 Å². The maximum Gasteiger partial charge on any atom is 0.372 e. The minimum absolute atomic E-state index is 0.339. The van der Waals surface area contributed by atoms with Gasteiger partial charge in [0, 0.05) is 12.8 Å². The minimum Gasteiger partial charge on any atom is -0.243 e. The van der Waals surface area contributed by atoms with Gasteiger partial charge in [0.05, 0.1) is 0 Å². The summed E-state index contributed by atoms with van der Waals surface area (Å²) < 4.78 is 2.52. The Kier molecular flexibility index (Phi) is 4.60. The summed E-state index contributed by atoms with van der Waals surface area (Å²) in [6, 6.07) is -0.339. The minimum atomic E-state index is -0.339. The van der Waals surface area contributed by atoms with Crippen molar-refractivity contribution in [3.05, 3.63) is 24.3 Å². The van der Waals surface area contributed by atoms with Crippen LogP contribution in [0, 0.1) is 5.92 Å². The van der Waals surface area contributed by atoms with E-state index in [2.05, 4.69) is 40.9 Å². The normalized spacial score (nSPS) is 11.2. The predicted octanol–water partition coefficient (Wildman–Crippen LogP) is 1.93. The Bertz CT molecular complexity index is 557. The molecular formula is C13H20N6O. The van der Waals surface area contributed by atoms with Gasteiger partial charge in [-0.05, 0) is 12.3 Å². The van der Waals surface area contributed by atoms with E-state index in [0.717, 1.165) is 25.1 Å². The van der Waals surface area contributed by atoms with Gasteiger partial charge in [-0.15, -0.1) is 5.10 Å². The highest BCUT2D eigenvalue weighted by atomic mass is 16.2. The Labute approximate surface area is 118 Å². The Morgan fingerprint density at radius 3 is 2.80 bits per heavy atom. The number of aryl methyl sites for hydroxylation is 1. The molecule has 0 aromatic carbocycles. The lowest BCUT2D eigenvalue weighted by atomic mass is 10.1. The van der Waals surface area contributed by atoms with E-state index in [1.807, 2.05) is 0 Å². The van der Waals surface area contributed by atoms with Crippen LogP contribution in [0.4, 0.5) is 4.79 Å². The van der Waals surface area contributed by atoms with Crippen molar-refractivity contribution in [2.24, 2.45) is 5.92 Å². The molecule has 0 spiro atoms. The number of aromatic nitrogens is 6. The quantitative estimate of drug-likeness (QED) is 0.833. The molecule has 0 amide bonds. The first-order valence-corrected chi connectivity index (χ1v) is 6.96. The smallest absolute Gasteiger partial charge is 0.243 e. The molecule has 108 valence electrons. The van der Waals surface area contributed by atoms with Crippen LogP contribution in [0.5, 0.6) is 0 Å². The summed E-state index contributed by atoms with van der Waals surface area (Å²) in [4.78, 5) is 20.6. The first-order valence-electron chi connectivity index (χ1n) is 6.96. The van der Waals surface area contributed by atoms with Crippen LogP contribution >= 0.6 is 0 Å². The summed E-state index contributed by atoms with van der Waals surface area (Å²) in [5.41, 5.74) is 0. The molecule has 0 N–H and O–H groups in total. The van der Waals surface area contributed by atoms with E-state index in [9.17, 15) is 4.79 Å². The van der Waals surface area contributed by atoms with Crippen LogP contribution in [0.25, 0.3) is 0 Å². The van der Waals surface area contributed by atoms with E-state index in [0.29, 0.717) is 18.2 Å². The third-order valence-corrected chi connectivity index (χ3v) is 2.86. The maximum atomic E-state index is 12.3. The summed E-state index contributed by atoms with van der Waals surface area (Å²) in [6.45, 7) is 6.29. The summed E-state index contributed by atoms with van der Waals surface area (Å²) in [5, 5.41) is 8.18. The number of carbonyl (C=O) groups is 1. The van der Waals surface area contributed by atoms with Crippen molar-refractivity contribution in [1.82, 2.24) is 29.5 Å². The van der Waals surface area contributed by atoms with Gasteiger partial charge in [0.25, 0.3) is 0 Å². The van der Waals surface area contributed by atoms with Gasteiger partial charge in [0.15, 0.2) is 5.82 Å². The molecule has 7 nitrogen and oxygen atoms in total. The van der Waals surface area contributed by atoms with E-state index in [-0.39, 0.29) is 6.03 Å². The summed E-state index contributed by atoms with van der Waals surface area (Å²) in [7, 11) is 0. The van der Waals surface area contributed by atoms with Gasteiger partial charge in [-0.1, -0.05) is 27.2 Å². The Balaban J connectivity index is 2.28. The zero-order valence-electron chi connectivity index (χ0n) is 12.2. The number of nitrogens with zero attached hydrogens (tertiary/aromatic N) is 6. The predicted molar refractivity (Wildman–Crippen MR) is 73.4 cm³/mol. The first-order chi connectivity index (χ1) is 9.61. The van der Waals surface area contributed by atoms with Crippen molar-refractivity contribution in [3.63, 3.8) is 0 Å². The average molecular weight is 276 g/mol. The maximum absolute atomic E-state index is 12.3. The van der Waals surface area contributed by atoms with Gasteiger partial charge in [-0.3, -0.25) is 0 Å². The average Bonchev–Trinajstić information content (AvgIpc) is 3.04. The molecule has 0 bridgehead atoms. The largest absolute Gasteiger partial charge is 0.372 e. The SMILES string of the molecule is CCCCc1nc(CC(C)C)n(C(=O)n2cncn2)n1. The topological polar surface area (TPSA) is 78.5 Å². The second kappa shape index (κ2) is 6.40. The van der Waals surface area contributed by atoms with E-state index < -0.39 is 0 Å². The molecule has 0 aliphatic carbocycles. The van der Waals surface area contributed by atoms with Crippen LogP contribution in [-0.2, 0) is 12.8 Å². The third-order valence-electron chi connectivity index (χ3n) is 2.86. The second-order valence-corrected chi connectivity index (χ2v) is 5.18. The highest BCUT2D eigenvalue weighted by molar-refractivity contribution is 5.77. The standard InChI is InChI=1S/C13H20N6O/c1-4-5-6-11-16-12(7-10(2)3)19(17-11)13(20)18-9-14-8-15-18/h8-10H,4-7H2,1-3H3. The fourth-order valence-corrected chi connectivity index (χ4v) is 1.89. The van der Waals surface area contributed by atoms with Crippen molar-refractivity contribution in [3.8, 4) is 0 Å².